The zero-order valence-corrected chi connectivity index (χ0v) is 12.7. The second-order valence-corrected chi connectivity index (χ2v) is 4.96. The van der Waals surface area contributed by atoms with Crippen molar-refractivity contribution in [3.8, 4) is 0 Å². The van der Waals surface area contributed by atoms with E-state index in [2.05, 4.69) is 5.32 Å². The zero-order valence-electron chi connectivity index (χ0n) is 11.9. The molecule has 0 radical (unpaired) electrons. The number of halogens is 1. The highest BCUT2D eigenvalue weighted by Crippen LogP contribution is 2.16. The first-order valence-corrected chi connectivity index (χ1v) is 7.03. The molecule has 2 heterocycles. The molecule has 0 aromatic carbocycles. The fourth-order valence-electron chi connectivity index (χ4n) is 2.50. The minimum Gasteiger partial charge on any atom is -0.459 e. The van der Waals surface area contributed by atoms with Crippen LogP contribution in [-0.2, 0) is 4.79 Å². The number of furan rings is 1. The number of carbonyl (C=O) groups is 2. The predicted molar refractivity (Wildman–Crippen MR) is 81.3 cm³/mol. The van der Waals surface area contributed by atoms with Crippen LogP contribution in [0.15, 0.2) is 22.8 Å². The van der Waals surface area contributed by atoms with Gasteiger partial charge in [-0.15, -0.1) is 12.4 Å². The molecule has 1 aromatic rings. The number of likely N-dealkylation sites (tertiary alicyclic amines) is 1. The highest BCUT2D eigenvalue weighted by molar-refractivity contribution is 5.91. The Morgan fingerprint density at radius 1 is 1.43 bits per heavy atom. The van der Waals surface area contributed by atoms with Crippen molar-refractivity contribution in [2.45, 2.75) is 31.7 Å². The fourth-order valence-corrected chi connectivity index (χ4v) is 2.50. The molecule has 1 atom stereocenters. The minimum atomic E-state index is -0.295. The van der Waals surface area contributed by atoms with Gasteiger partial charge in [-0.2, -0.15) is 0 Å². The van der Waals surface area contributed by atoms with E-state index in [0.29, 0.717) is 19.5 Å². The number of hydrogen-bond donors (Lipinski definition) is 2. The Labute approximate surface area is 130 Å². The van der Waals surface area contributed by atoms with Gasteiger partial charge in [-0.1, -0.05) is 0 Å². The minimum absolute atomic E-state index is 0. The van der Waals surface area contributed by atoms with Crippen molar-refractivity contribution in [2.75, 3.05) is 19.6 Å². The van der Waals surface area contributed by atoms with Gasteiger partial charge < -0.3 is 20.4 Å². The van der Waals surface area contributed by atoms with Crippen LogP contribution < -0.4 is 11.1 Å². The summed E-state index contributed by atoms with van der Waals surface area (Å²) in [7, 11) is 0. The van der Waals surface area contributed by atoms with Gasteiger partial charge in [0, 0.05) is 32.1 Å². The van der Waals surface area contributed by atoms with Crippen molar-refractivity contribution >= 4 is 24.2 Å². The molecule has 6 nitrogen and oxygen atoms in total. The van der Waals surface area contributed by atoms with Crippen LogP contribution in [0.25, 0.3) is 0 Å². The van der Waals surface area contributed by atoms with Crippen molar-refractivity contribution < 1.29 is 14.0 Å². The number of carbonyl (C=O) groups excluding carboxylic acids is 2. The van der Waals surface area contributed by atoms with Crippen LogP contribution in [0.3, 0.4) is 0 Å². The van der Waals surface area contributed by atoms with Gasteiger partial charge in [-0.25, -0.2) is 0 Å². The monoisotopic (exact) mass is 315 g/mol. The molecule has 7 heteroatoms. The van der Waals surface area contributed by atoms with E-state index in [1.54, 1.807) is 12.1 Å². The maximum atomic E-state index is 12.1. The van der Waals surface area contributed by atoms with Crippen molar-refractivity contribution in [1.29, 1.82) is 0 Å². The average molecular weight is 316 g/mol. The lowest BCUT2D eigenvalue weighted by molar-refractivity contribution is -0.134. The van der Waals surface area contributed by atoms with E-state index >= 15 is 0 Å². The Morgan fingerprint density at radius 3 is 2.90 bits per heavy atom. The van der Waals surface area contributed by atoms with E-state index in [1.165, 1.54) is 6.26 Å². The van der Waals surface area contributed by atoms with Crippen LogP contribution in [0.1, 0.15) is 36.2 Å². The first-order chi connectivity index (χ1) is 9.72. The third-order valence-electron chi connectivity index (χ3n) is 3.59. The number of rotatable bonds is 5. The van der Waals surface area contributed by atoms with Crippen molar-refractivity contribution in [3.63, 3.8) is 0 Å². The molecule has 0 spiro atoms. The lowest BCUT2D eigenvalue weighted by Crippen LogP contribution is -2.48. The molecule has 21 heavy (non-hydrogen) atoms. The van der Waals surface area contributed by atoms with Crippen LogP contribution >= 0.6 is 12.4 Å². The van der Waals surface area contributed by atoms with E-state index in [-0.39, 0.29) is 36.0 Å². The summed E-state index contributed by atoms with van der Waals surface area (Å²) in [6.45, 7) is 1.59. The summed E-state index contributed by atoms with van der Waals surface area (Å²) in [4.78, 5) is 25.6. The van der Waals surface area contributed by atoms with Crippen LogP contribution in [0.4, 0.5) is 0 Å². The highest BCUT2D eigenvalue weighted by Gasteiger charge is 2.25. The van der Waals surface area contributed by atoms with Crippen molar-refractivity contribution in [3.05, 3.63) is 24.2 Å². The van der Waals surface area contributed by atoms with Crippen LogP contribution in [0, 0.1) is 0 Å². The number of piperidine rings is 1. The third kappa shape index (κ3) is 4.75. The molecule has 0 bridgehead atoms. The standard InChI is InChI=1S/C14H21N3O3.ClH/c15-10-11-4-1-2-8-17(11)13(18)6-7-16-14(19)12-5-3-9-20-12;/h3,5,9,11H,1-2,4,6-8,10,15H2,(H,16,19);1H. The molecule has 1 saturated heterocycles. The quantitative estimate of drug-likeness (QED) is 0.853. The van der Waals surface area contributed by atoms with Crippen molar-refractivity contribution in [2.24, 2.45) is 5.73 Å². The number of hydrogen-bond acceptors (Lipinski definition) is 4. The Kier molecular flexibility index (Phi) is 7.25. The van der Waals surface area contributed by atoms with E-state index in [0.717, 1.165) is 25.8 Å². The van der Waals surface area contributed by atoms with Gasteiger partial charge >= 0.3 is 0 Å². The maximum absolute atomic E-state index is 12.1. The summed E-state index contributed by atoms with van der Waals surface area (Å²) in [5.41, 5.74) is 5.70. The van der Waals surface area contributed by atoms with E-state index < -0.39 is 0 Å². The van der Waals surface area contributed by atoms with Gasteiger partial charge in [0.15, 0.2) is 5.76 Å². The molecule has 1 aromatic heterocycles. The third-order valence-corrected chi connectivity index (χ3v) is 3.59. The summed E-state index contributed by atoms with van der Waals surface area (Å²) in [5, 5.41) is 2.68. The topological polar surface area (TPSA) is 88.6 Å². The Bertz CT molecular complexity index is 450. The first-order valence-electron chi connectivity index (χ1n) is 7.03. The summed E-state index contributed by atoms with van der Waals surface area (Å²) >= 11 is 0. The Balaban J connectivity index is 0.00000220. The van der Waals surface area contributed by atoms with Crippen LogP contribution in [0.5, 0.6) is 0 Å². The lowest BCUT2D eigenvalue weighted by Gasteiger charge is -2.35. The van der Waals surface area contributed by atoms with E-state index in [4.69, 9.17) is 10.2 Å². The molecule has 118 valence electrons. The number of nitrogens with zero attached hydrogens (tertiary/aromatic N) is 1. The normalized spacial score (nSPS) is 18.0. The number of amides is 2. The maximum Gasteiger partial charge on any atom is 0.286 e. The smallest absolute Gasteiger partial charge is 0.286 e. The van der Waals surface area contributed by atoms with Gasteiger partial charge in [0.2, 0.25) is 5.91 Å². The highest BCUT2D eigenvalue weighted by atomic mass is 35.5. The van der Waals surface area contributed by atoms with Crippen LogP contribution in [0.2, 0.25) is 0 Å². The molecule has 1 unspecified atom stereocenters. The Morgan fingerprint density at radius 2 is 2.24 bits per heavy atom. The summed E-state index contributed by atoms with van der Waals surface area (Å²) in [6, 6.07) is 3.39. The largest absolute Gasteiger partial charge is 0.459 e. The summed E-state index contributed by atoms with van der Waals surface area (Å²) < 4.78 is 4.98. The van der Waals surface area contributed by atoms with Crippen LogP contribution in [-0.4, -0.2) is 42.4 Å². The second kappa shape index (κ2) is 8.69. The number of nitrogens with two attached hydrogens (primary N) is 1. The molecule has 1 fully saturated rings. The predicted octanol–water partition coefficient (Wildman–Crippen LogP) is 1.16. The van der Waals surface area contributed by atoms with E-state index in [9.17, 15) is 9.59 Å². The molecular weight excluding hydrogens is 294 g/mol. The molecule has 3 N–H and O–H groups in total. The first kappa shape index (κ1) is 17.5. The molecule has 0 aliphatic carbocycles. The van der Waals surface area contributed by atoms with Gasteiger partial charge in [-0.3, -0.25) is 9.59 Å². The van der Waals surface area contributed by atoms with Gasteiger partial charge in [0.05, 0.1) is 6.26 Å². The molecule has 1 aliphatic rings. The molecular formula is C14H22ClN3O3. The molecule has 1 aliphatic heterocycles. The Hall–Kier alpha value is -1.53. The molecule has 2 amide bonds. The zero-order chi connectivity index (χ0) is 14.4. The number of nitrogens with one attached hydrogen (secondary N) is 1. The second-order valence-electron chi connectivity index (χ2n) is 4.96. The van der Waals surface area contributed by atoms with Gasteiger partial charge in [0.1, 0.15) is 0 Å². The summed E-state index contributed by atoms with van der Waals surface area (Å²) in [6.07, 6.45) is 4.87. The molecule has 2 rings (SSSR count). The lowest BCUT2D eigenvalue weighted by atomic mass is 10.0. The summed E-state index contributed by atoms with van der Waals surface area (Å²) in [5.74, 6) is 0.0203. The SMILES string of the molecule is Cl.NCC1CCCCN1C(=O)CCNC(=O)c1ccco1. The van der Waals surface area contributed by atoms with Gasteiger partial charge in [-0.05, 0) is 31.4 Å². The van der Waals surface area contributed by atoms with Gasteiger partial charge in [0.25, 0.3) is 5.91 Å². The van der Waals surface area contributed by atoms with E-state index in [1.807, 2.05) is 4.90 Å². The van der Waals surface area contributed by atoms with Crippen molar-refractivity contribution in [1.82, 2.24) is 10.2 Å². The molecule has 0 saturated carbocycles. The fraction of sp³-hybridized carbons (Fsp3) is 0.571. The average Bonchev–Trinajstić information content (AvgIpc) is 3.01.